The topological polar surface area (TPSA) is 84.1 Å². The molecule has 3 heterocycles. The second kappa shape index (κ2) is 8.47. The van der Waals surface area contributed by atoms with Crippen LogP contribution in [-0.4, -0.2) is 52.7 Å². The number of nitrogens with zero attached hydrogens (tertiary/aromatic N) is 5. The monoisotopic (exact) mass is 418 g/mol. The zero-order chi connectivity index (χ0) is 21.2. The van der Waals surface area contributed by atoms with Gasteiger partial charge in [-0.1, -0.05) is 29.8 Å². The molecule has 0 amide bonds. The highest BCUT2D eigenvalue weighted by molar-refractivity contribution is 5.95. The number of fused-ring (bicyclic) bond motifs is 1. The van der Waals surface area contributed by atoms with Crippen LogP contribution in [0.3, 0.4) is 0 Å². The van der Waals surface area contributed by atoms with Gasteiger partial charge in [-0.15, -0.1) is 0 Å². The van der Waals surface area contributed by atoms with E-state index in [1.54, 1.807) is 6.21 Å². The van der Waals surface area contributed by atoms with E-state index in [9.17, 15) is 4.79 Å². The lowest BCUT2D eigenvalue weighted by Gasteiger charge is -2.28. The number of imidazole rings is 1. The van der Waals surface area contributed by atoms with Gasteiger partial charge in [0.05, 0.1) is 19.4 Å². The van der Waals surface area contributed by atoms with Gasteiger partial charge in [-0.25, -0.2) is 4.98 Å². The molecular weight excluding hydrogens is 392 g/mol. The Bertz CT molecular complexity index is 1130. The van der Waals surface area contributed by atoms with Crippen molar-refractivity contribution in [3.63, 3.8) is 0 Å². The Labute approximate surface area is 180 Å². The van der Waals surface area contributed by atoms with E-state index >= 15 is 0 Å². The Hall–Kier alpha value is -3.26. The van der Waals surface area contributed by atoms with Gasteiger partial charge in [0.1, 0.15) is 11.3 Å². The fourth-order valence-corrected chi connectivity index (χ4v) is 3.76. The van der Waals surface area contributed by atoms with Crippen LogP contribution in [-0.2, 0) is 4.74 Å². The number of ether oxygens (including phenoxy) is 1. The Morgan fingerprint density at radius 3 is 2.87 bits per heavy atom. The summed E-state index contributed by atoms with van der Waals surface area (Å²) in [5.41, 5.74) is 6.40. The van der Waals surface area contributed by atoms with E-state index in [0.29, 0.717) is 42.7 Å². The molecule has 1 aliphatic heterocycles. The third kappa shape index (κ3) is 4.59. The van der Waals surface area contributed by atoms with E-state index in [2.05, 4.69) is 39.5 Å². The van der Waals surface area contributed by atoms with Gasteiger partial charge in [0.2, 0.25) is 5.95 Å². The summed E-state index contributed by atoms with van der Waals surface area (Å²) in [5, 5.41) is 4.35. The van der Waals surface area contributed by atoms with E-state index in [1.165, 1.54) is 5.56 Å². The van der Waals surface area contributed by atoms with Crippen molar-refractivity contribution < 1.29 is 9.53 Å². The van der Waals surface area contributed by atoms with E-state index < -0.39 is 0 Å². The zero-order valence-electron chi connectivity index (χ0n) is 17.6. The van der Waals surface area contributed by atoms with Crippen LogP contribution < -0.4 is 10.3 Å². The Morgan fingerprint density at radius 1 is 1.26 bits per heavy atom. The number of morpholine rings is 1. The number of ketones is 1. The first-order valence-corrected chi connectivity index (χ1v) is 10.8. The van der Waals surface area contributed by atoms with Crippen LogP contribution in [0.1, 0.15) is 40.9 Å². The highest BCUT2D eigenvalue weighted by Crippen LogP contribution is 2.33. The molecule has 1 aliphatic carbocycles. The summed E-state index contributed by atoms with van der Waals surface area (Å²) in [4.78, 5) is 24.2. The molecule has 0 radical (unpaired) electrons. The third-order valence-electron chi connectivity index (χ3n) is 5.62. The molecule has 0 spiro atoms. The number of hydrogen-bond donors (Lipinski definition) is 1. The molecule has 2 aliphatic rings. The highest BCUT2D eigenvalue weighted by Gasteiger charge is 2.27. The smallest absolute Gasteiger partial charge is 0.213 e. The van der Waals surface area contributed by atoms with Crippen LogP contribution >= 0.6 is 0 Å². The Morgan fingerprint density at radius 2 is 2.10 bits per heavy atom. The molecule has 2 aromatic heterocycles. The molecular formula is C23H26N6O2. The molecule has 8 nitrogen and oxygen atoms in total. The van der Waals surface area contributed by atoms with E-state index in [-0.39, 0.29) is 5.78 Å². The first-order chi connectivity index (χ1) is 15.2. The minimum atomic E-state index is 0.103. The van der Waals surface area contributed by atoms with Gasteiger partial charge in [0, 0.05) is 31.8 Å². The summed E-state index contributed by atoms with van der Waals surface area (Å²) in [6.45, 7) is 4.82. The second-order valence-corrected chi connectivity index (χ2v) is 8.25. The number of benzene rings is 1. The Balaban J connectivity index is 1.45. The first kappa shape index (κ1) is 19.7. The molecule has 0 unspecified atom stereocenters. The molecule has 1 saturated heterocycles. The predicted molar refractivity (Wildman–Crippen MR) is 120 cm³/mol. The highest BCUT2D eigenvalue weighted by atomic mass is 16.5. The van der Waals surface area contributed by atoms with Crippen molar-refractivity contribution in [1.29, 1.82) is 0 Å². The van der Waals surface area contributed by atoms with Gasteiger partial charge in [-0.2, -0.15) is 10.1 Å². The van der Waals surface area contributed by atoms with Gasteiger partial charge < -0.3 is 9.64 Å². The molecule has 1 N–H and O–H groups in total. The zero-order valence-corrected chi connectivity index (χ0v) is 17.6. The fraction of sp³-hybridized carbons (Fsp3) is 0.391. The maximum absolute atomic E-state index is 12.6. The predicted octanol–water partition coefficient (Wildman–Crippen LogP) is 3.30. The average Bonchev–Trinajstić information content (AvgIpc) is 3.48. The first-order valence-electron chi connectivity index (χ1n) is 10.8. The number of hydrazone groups is 1. The van der Waals surface area contributed by atoms with Crippen LogP contribution in [0, 0.1) is 12.8 Å². The molecule has 5 rings (SSSR count). The van der Waals surface area contributed by atoms with Gasteiger partial charge in [-0.05, 0) is 31.2 Å². The lowest BCUT2D eigenvalue weighted by molar-refractivity contribution is 0.0971. The average molecular weight is 419 g/mol. The lowest BCUT2D eigenvalue weighted by Crippen LogP contribution is -2.38. The van der Waals surface area contributed by atoms with Crippen molar-refractivity contribution in [2.24, 2.45) is 11.0 Å². The lowest BCUT2D eigenvalue weighted by atomic mass is 10.1. The number of Topliss-reactive ketones (excluding diaryl/α,β-unsaturated/α-hetero) is 1. The second-order valence-electron chi connectivity index (χ2n) is 8.25. The van der Waals surface area contributed by atoms with Gasteiger partial charge in [0.15, 0.2) is 11.6 Å². The number of nitrogens with one attached hydrogen (secondary N) is 1. The van der Waals surface area contributed by atoms with Gasteiger partial charge in [0.25, 0.3) is 0 Å². The SMILES string of the molecule is Cc1cccc(/C=N/Nc2cc3nc(C(=O)CC4CC4)cn3c(N3CCOCC3)n2)c1. The molecule has 1 saturated carbocycles. The summed E-state index contributed by atoms with van der Waals surface area (Å²) in [7, 11) is 0. The number of carbonyl (C=O) groups is 1. The molecule has 0 bridgehead atoms. The number of rotatable bonds is 7. The number of aryl methyl sites for hydroxylation is 1. The molecule has 160 valence electrons. The maximum Gasteiger partial charge on any atom is 0.213 e. The van der Waals surface area contributed by atoms with E-state index in [4.69, 9.17) is 9.72 Å². The van der Waals surface area contributed by atoms with Crippen molar-refractivity contribution in [2.45, 2.75) is 26.2 Å². The molecule has 8 heteroatoms. The molecule has 0 atom stereocenters. The summed E-state index contributed by atoms with van der Waals surface area (Å²) in [6, 6.07) is 9.94. The third-order valence-corrected chi connectivity index (χ3v) is 5.62. The van der Waals surface area contributed by atoms with Crippen LogP contribution in [0.4, 0.5) is 11.8 Å². The summed E-state index contributed by atoms with van der Waals surface area (Å²) in [6.07, 6.45) is 6.45. The minimum absolute atomic E-state index is 0.103. The van der Waals surface area contributed by atoms with Gasteiger partial charge in [-0.3, -0.25) is 14.6 Å². The quantitative estimate of drug-likeness (QED) is 0.360. The molecule has 3 aromatic rings. The largest absolute Gasteiger partial charge is 0.378 e. The fourth-order valence-electron chi connectivity index (χ4n) is 3.76. The van der Waals surface area contributed by atoms with Crippen molar-refractivity contribution >= 4 is 29.4 Å². The van der Waals surface area contributed by atoms with Crippen molar-refractivity contribution in [3.8, 4) is 0 Å². The summed E-state index contributed by atoms with van der Waals surface area (Å²) >= 11 is 0. The minimum Gasteiger partial charge on any atom is -0.378 e. The number of aromatic nitrogens is 3. The summed E-state index contributed by atoms with van der Waals surface area (Å²) < 4.78 is 7.40. The van der Waals surface area contributed by atoms with E-state index in [0.717, 1.165) is 37.4 Å². The summed E-state index contributed by atoms with van der Waals surface area (Å²) in [5.74, 6) is 1.96. The number of carbonyl (C=O) groups excluding carboxylic acids is 1. The molecule has 31 heavy (non-hydrogen) atoms. The van der Waals surface area contributed by atoms with Crippen LogP contribution in [0.5, 0.6) is 0 Å². The van der Waals surface area contributed by atoms with Crippen molar-refractivity contribution in [1.82, 2.24) is 14.4 Å². The van der Waals surface area contributed by atoms with Crippen LogP contribution in [0.25, 0.3) is 5.65 Å². The standard InChI is InChI=1S/C23H26N6O2/c1-16-3-2-4-18(11-16)14-24-27-21-13-22-25-19(20(30)12-17-5-6-17)15-29(22)23(26-21)28-7-9-31-10-8-28/h2-4,11,13-15,17,27H,5-10,12H2,1H3/b24-14+. The molecule has 2 fully saturated rings. The Kier molecular flexibility index (Phi) is 5.38. The van der Waals surface area contributed by atoms with Crippen molar-refractivity contribution in [3.05, 3.63) is 53.3 Å². The normalized spacial score (nSPS) is 16.9. The molecule has 1 aromatic carbocycles. The van der Waals surface area contributed by atoms with Crippen LogP contribution in [0.2, 0.25) is 0 Å². The maximum atomic E-state index is 12.6. The van der Waals surface area contributed by atoms with Crippen molar-refractivity contribution in [2.75, 3.05) is 36.6 Å². The van der Waals surface area contributed by atoms with E-state index in [1.807, 2.05) is 28.8 Å². The number of hydrogen-bond acceptors (Lipinski definition) is 7. The number of anilines is 2. The van der Waals surface area contributed by atoms with Gasteiger partial charge >= 0.3 is 0 Å². The van der Waals surface area contributed by atoms with Crippen LogP contribution in [0.15, 0.2) is 41.6 Å².